The fourth-order valence-corrected chi connectivity index (χ4v) is 2.10. The fourth-order valence-electron chi connectivity index (χ4n) is 2.10. The van der Waals surface area contributed by atoms with Crippen LogP contribution in [0.1, 0.15) is 11.3 Å². The van der Waals surface area contributed by atoms with Gasteiger partial charge in [0.25, 0.3) is 0 Å². The van der Waals surface area contributed by atoms with Gasteiger partial charge in [0.15, 0.2) is 5.82 Å². The van der Waals surface area contributed by atoms with Gasteiger partial charge >= 0.3 is 6.18 Å². The van der Waals surface area contributed by atoms with E-state index in [0.29, 0.717) is 17.3 Å². The Morgan fingerprint density at radius 2 is 1.93 bits per heavy atom. The number of nitrogens with zero attached hydrogens (tertiary/aromatic N) is 4. The molecule has 0 saturated carbocycles. The van der Waals surface area contributed by atoms with Gasteiger partial charge in [0.05, 0.1) is 36.5 Å². The van der Waals surface area contributed by atoms with Crippen molar-refractivity contribution in [2.75, 3.05) is 12.4 Å². The second-order valence-electron chi connectivity index (χ2n) is 5.32. The molecule has 0 unspecified atom stereocenters. The zero-order valence-electron chi connectivity index (χ0n) is 14.1. The van der Waals surface area contributed by atoms with Crippen molar-refractivity contribution in [1.82, 2.24) is 15.0 Å². The minimum absolute atomic E-state index is 0.0197. The Morgan fingerprint density at radius 1 is 1.07 bits per heavy atom. The Labute approximate surface area is 152 Å². The van der Waals surface area contributed by atoms with Crippen LogP contribution in [0.5, 0.6) is 5.88 Å². The van der Waals surface area contributed by atoms with Gasteiger partial charge in [0.2, 0.25) is 5.88 Å². The van der Waals surface area contributed by atoms with E-state index in [1.54, 1.807) is 36.5 Å². The summed E-state index contributed by atoms with van der Waals surface area (Å²) in [4.78, 5) is 16.1. The van der Waals surface area contributed by atoms with E-state index in [9.17, 15) is 13.2 Å². The first kappa shape index (κ1) is 18.3. The number of ether oxygens (including phenoxy) is 1. The highest BCUT2D eigenvalue weighted by Gasteiger charge is 2.31. The molecule has 1 N–H and O–H groups in total. The molecule has 0 aliphatic rings. The third kappa shape index (κ3) is 4.78. The van der Waals surface area contributed by atoms with Crippen LogP contribution in [0.2, 0.25) is 0 Å². The fraction of sp³-hybridized carbons (Fsp3) is 0.111. The van der Waals surface area contributed by atoms with Crippen molar-refractivity contribution < 1.29 is 17.9 Å². The van der Waals surface area contributed by atoms with E-state index >= 15 is 0 Å². The summed E-state index contributed by atoms with van der Waals surface area (Å²) in [7, 11) is 1.48. The number of halogens is 3. The van der Waals surface area contributed by atoms with Crippen LogP contribution in [0, 0.1) is 0 Å². The number of alkyl halides is 3. The SMILES string of the molecule is COc1ccc(Nc2ncc(C(F)(F)F)cc2N=Cc2ccccn2)cn1. The first-order chi connectivity index (χ1) is 13.0. The molecule has 27 heavy (non-hydrogen) atoms. The van der Waals surface area contributed by atoms with Crippen LogP contribution in [0.4, 0.5) is 30.4 Å². The molecular formula is C18H14F3N5O. The number of hydrogen-bond donors (Lipinski definition) is 1. The summed E-state index contributed by atoms with van der Waals surface area (Å²) in [6.07, 6.45) is 0.633. The molecule has 3 rings (SSSR count). The number of aromatic nitrogens is 3. The largest absolute Gasteiger partial charge is 0.481 e. The van der Waals surface area contributed by atoms with Gasteiger partial charge in [-0.05, 0) is 24.3 Å². The minimum atomic E-state index is -4.53. The molecule has 0 saturated heterocycles. The third-order valence-corrected chi connectivity index (χ3v) is 3.43. The van der Waals surface area contributed by atoms with E-state index in [-0.39, 0.29) is 11.5 Å². The van der Waals surface area contributed by atoms with Crippen LogP contribution < -0.4 is 10.1 Å². The molecule has 3 heterocycles. The molecule has 0 radical (unpaired) electrons. The molecule has 0 aliphatic carbocycles. The first-order valence-electron chi connectivity index (χ1n) is 7.75. The van der Waals surface area contributed by atoms with Gasteiger partial charge in [-0.2, -0.15) is 13.2 Å². The molecule has 0 fully saturated rings. The lowest BCUT2D eigenvalue weighted by molar-refractivity contribution is -0.137. The van der Waals surface area contributed by atoms with Crippen LogP contribution in [-0.4, -0.2) is 28.3 Å². The van der Waals surface area contributed by atoms with Crippen molar-refractivity contribution in [3.63, 3.8) is 0 Å². The number of pyridine rings is 3. The Morgan fingerprint density at radius 3 is 2.56 bits per heavy atom. The molecule has 0 atom stereocenters. The first-order valence-corrected chi connectivity index (χ1v) is 7.75. The van der Waals surface area contributed by atoms with E-state index in [1.807, 2.05) is 0 Å². The molecule has 6 nitrogen and oxygen atoms in total. The van der Waals surface area contributed by atoms with Crippen LogP contribution in [-0.2, 0) is 6.18 Å². The lowest BCUT2D eigenvalue weighted by Crippen LogP contribution is -2.06. The van der Waals surface area contributed by atoms with E-state index in [4.69, 9.17) is 4.74 Å². The Balaban J connectivity index is 1.94. The summed E-state index contributed by atoms with van der Waals surface area (Å²) >= 11 is 0. The van der Waals surface area contributed by atoms with Crippen molar-refractivity contribution in [3.05, 3.63) is 66.2 Å². The van der Waals surface area contributed by atoms with Gasteiger partial charge in [0, 0.05) is 18.5 Å². The Kier molecular flexibility index (Phi) is 5.30. The van der Waals surface area contributed by atoms with E-state index in [2.05, 4.69) is 25.3 Å². The Hall–Kier alpha value is -3.49. The molecule has 0 spiro atoms. The predicted octanol–water partition coefficient (Wildman–Crippen LogP) is 4.39. The maximum atomic E-state index is 13.0. The van der Waals surface area contributed by atoms with Crippen LogP contribution in [0.25, 0.3) is 0 Å². The highest BCUT2D eigenvalue weighted by atomic mass is 19.4. The Bertz CT molecular complexity index is 928. The highest BCUT2D eigenvalue weighted by molar-refractivity contribution is 5.82. The van der Waals surface area contributed by atoms with Crippen molar-refractivity contribution in [1.29, 1.82) is 0 Å². The van der Waals surface area contributed by atoms with Gasteiger partial charge in [-0.25, -0.2) is 9.97 Å². The lowest BCUT2D eigenvalue weighted by atomic mass is 10.2. The molecule has 9 heteroatoms. The van der Waals surface area contributed by atoms with E-state index < -0.39 is 11.7 Å². The van der Waals surface area contributed by atoms with Crippen molar-refractivity contribution in [3.8, 4) is 5.88 Å². The maximum Gasteiger partial charge on any atom is 0.417 e. The molecule has 3 aromatic heterocycles. The maximum absolute atomic E-state index is 13.0. The monoisotopic (exact) mass is 373 g/mol. The van der Waals surface area contributed by atoms with E-state index in [0.717, 1.165) is 12.3 Å². The third-order valence-electron chi connectivity index (χ3n) is 3.43. The highest BCUT2D eigenvalue weighted by Crippen LogP contribution is 2.34. The molecule has 0 amide bonds. The zero-order chi connectivity index (χ0) is 19.3. The summed E-state index contributed by atoms with van der Waals surface area (Å²) in [5.74, 6) is 0.566. The van der Waals surface area contributed by atoms with Crippen LogP contribution in [0.15, 0.2) is 60.0 Å². The molecule has 138 valence electrons. The normalized spacial score (nSPS) is 11.6. The summed E-state index contributed by atoms with van der Waals surface area (Å²) in [6.45, 7) is 0. The summed E-state index contributed by atoms with van der Waals surface area (Å²) in [5, 5.41) is 2.91. The molecule has 0 bridgehead atoms. The zero-order valence-corrected chi connectivity index (χ0v) is 14.1. The average molecular weight is 373 g/mol. The number of rotatable bonds is 5. The molecule has 0 aliphatic heterocycles. The van der Waals surface area contributed by atoms with Crippen molar-refractivity contribution in [2.45, 2.75) is 6.18 Å². The summed E-state index contributed by atoms with van der Waals surface area (Å²) in [5.41, 5.74) is 0.157. The number of hydrogen-bond acceptors (Lipinski definition) is 6. The van der Waals surface area contributed by atoms with Gasteiger partial charge < -0.3 is 10.1 Å². The average Bonchev–Trinajstić information content (AvgIpc) is 2.68. The topological polar surface area (TPSA) is 72.3 Å². The van der Waals surface area contributed by atoms with Crippen LogP contribution in [0.3, 0.4) is 0 Å². The second kappa shape index (κ2) is 7.81. The lowest BCUT2D eigenvalue weighted by Gasteiger charge is -2.12. The summed E-state index contributed by atoms with van der Waals surface area (Å²) < 4.78 is 44.0. The van der Waals surface area contributed by atoms with Gasteiger partial charge in [-0.3, -0.25) is 9.98 Å². The molecular weight excluding hydrogens is 359 g/mol. The minimum Gasteiger partial charge on any atom is -0.481 e. The van der Waals surface area contributed by atoms with Crippen molar-refractivity contribution in [2.24, 2.45) is 4.99 Å². The smallest absolute Gasteiger partial charge is 0.417 e. The van der Waals surface area contributed by atoms with Crippen molar-refractivity contribution >= 4 is 23.4 Å². The standard InChI is InChI=1S/C18H14F3N5O/c1-27-16-6-5-14(11-24-16)26-17-15(8-12(9-25-17)18(19,20)21)23-10-13-4-2-3-7-22-13/h2-11H,1H3,(H,25,26). The quantitative estimate of drug-likeness (QED) is 0.672. The van der Waals surface area contributed by atoms with Gasteiger partial charge in [-0.1, -0.05) is 6.07 Å². The second-order valence-corrected chi connectivity index (χ2v) is 5.32. The van der Waals surface area contributed by atoms with E-state index in [1.165, 1.54) is 19.5 Å². The van der Waals surface area contributed by atoms with Gasteiger partial charge in [-0.15, -0.1) is 0 Å². The van der Waals surface area contributed by atoms with Gasteiger partial charge in [0.1, 0.15) is 5.69 Å². The van der Waals surface area contributed by atoms with Crippen LogP contribution >= 0.6 is 0 Å². The number of anilines is 2. The number of aliphatic imine (C=N–C) groups is 1. The number of nitrogens with one attached hydrogen (secondary N) is 1. The molecule has 0 aromatic carbocycles. The number of methoxy groups -OCH3 is 1. The summed E-state index contributed by atoms with van der Waals surface area (Å²) in [6, 6.07) is 9.37. The predicted molar refractivity (Wildman–Crippen MR) is 94.8 cm³/mol. The molecule has 3 aromatic rings.